The third-order valence-corrected chi connectivity index (χ3v) is 8.06. The predicted octanol–water partition coefficient (Wildman–Crippen LogP) is 3.81. The summed E-state index contributed by atoms with van der Waals surface area (Å²) in [5.41, 5.74) is 1.75. The molecule has 1 atom stereocenters. The molecule has 2 aromatic carbocycles. The van der Waals surface area contributed by atoms with Crippen LogP contribution in [0.4, 0.5) is 10.1 Å². The van der Waals surface area contributed by atoms with Crippen molar-refractivity contribution in [3.8, 4) is 0 Å². The van der Waals surface area contributed by atoms with Gasteiger partial charge in [0.2, 0.25) is 15.0 Å². The van der Waals surface area contributed by atoms with Crippen molar-refractivity contribution >= 4 is 33.0 Å². The second kappa shape index (κ2) is 8.81. The number of aryl methyl sites for hydroxylation is 1. The van der Waals surface area contributed by atoms with E-state index >= 15 is 0 Å². The normalized spacial score (nSPS) is 17.4. The number of benzene rings is 2. The second-order valence-electron chi connectivity index (χ2n) is 7.43. The molecule has 162 valence electrons. The number of nitrogens with one attached hydrogen (secondary N) is 1. The van der Waals surface area contributed by atoms with Crippen molar-refractivity contribution in [2.24, 2.45) is 0 Å². The van der Waals surface area contributed by atoms with Gasteiger partial charge in [-0.25, -0.2) is 12.8 Å². The van der Waals surface area contributed by atoms with Crippen LogP contribution >= 0.6 is 11.3 Å². The molecular weight excluding hydrogens is 439 g/mol. The summed E-state index contributed by atoms with van der Waals surface area (Å²) in [4.78, 5) is 12.4. The third-order valence-electron chi connectivity index (χ3n) is 5.11. The molecule has 3 aromatic rings. The fraction of sp³-hybridized carbons (Fsp3) is 0.286. The van der Waals surface area contributed by atoms with Crippen LogP contribution in [-0.4, -0.2) is 41.9 Å². The zero-order valence-electron chi connectivity index (χ0n) is 16.8. The van der Waals surface area contributed by atoms with Gasteiger partial charge in [0, 0.05) is 24.7 Å². The smallest absolute Gasteiger partial charge is 0.286 e. The molecule has 1 aliphatic heterocycles. The standard InChI is InChI=1S/C21H21FN4O3S2/c1-14-7-9-17(10-8-14)23-19(27)21-25-24-20(30-21)15-4-3-11-26(13-15)31(28,29)18-6-2-5-16(22)12-18/h2,5-10,12,15H,3-4,11,13H2,1H3,(H,23,27)/t15-/m0/s1. The van der Waals surface area contributed by atoms with Crippen LogP contribution in [-0.2, 0) is 10.0 Å². The zero-order valence-corrected chi connectivity index (χ0v) is 18.4. The molecule has 0 unspecified atom stereocenters. The van der Waals surface area contributed by atoms with Gasteiger partial charge in [0.25, 0.3) is 5.91 Å². The number of amides is 1. The van der Waals surface area contributed by atoms with E-state index in [1.54, 1.807) is 0 Å². The summed E-state index contributed by atoms with van der Waals surface area (Å²) in [6.07, 6.45) is 1.38. The maximum atomic E-state index is 13.5. The molecular formula is C21H21FN4O3S2. The Bertz CT molecular complexity index is 1200. The summed E-state index contributed by atoms with van der Waals surface area (Å²) >= 11 is 1.17. The minimum Gasteiger partial charge on any atom is -0.320 e. The van der Waals surface area contributed by atoms with E-state index in [4.69, 9.17) is 0 Å². The van der Waals surface area contributed by atoms with E-state index in [0.717, 1.165) is 18.1 Å². The molecule has 1 saturated heterocycles. The summed E-state index contributed by atoms with van der Waals surface area (Å²) in [7, 11) is -3.81. The number of aromatic nitrogens is 2. The van der Waals surface area contributed by atoms with Crippen LogP contribution in [0, 0.1) is 12.7 Å². The lowest BCUT2D eigenvalue weighted by Crippen LogP contribution is -2.39. The SMILES string of the molecule is Cc1ccc(NC(=O)c2nnc([C@H]3CCCN(S(=O)(=O)c4cccc(F)c4)C3)s2)cc1. The van der Waals surface area contributed by atoms with Crippen LogP contribution in [0.15, 0.2) is 53.4 Å². The van der Waals surface area contributed by atoms with Crippen molar-refractivity contribution in [2.75, 3.05) is 18.4 Å². The van der Waals surface area contributed by atoms with Crippen LogP contribution in [0.3, 0.4) is 0 Å². The summed E-state index contributed by atoms with van der Waals surface area (Å²) in [6, 6.07) is 12.4. The molecule has 4 rings (SSSR count). The molecule has 0 saturated carbocycles. The van der Waals surface area contributed by atoms with Crippen molar-refractivity contribution in [1.29, 1.82) is 0 Å². The molecule has 0 bridgehead atoms. The molecule has 1 aliphatic rings. The first-order valence-corrected chi connectivity index (χ1v) is 12.1. The Morgan fingerprint density at radius 2 is 1.97 bits per heavy atom. The minimum absolute atomic E-state index is 0.0661. The summed E-state index contributed by atoms with van der Waals surface area (Å²) in [5.74, 6) is -1.12. The van der Waals surface area contributed by atoms with Crippen molar-refractivity contribution in [2.45, 2.75) is 30.6 Å². The lowest BCUT2D eigenvalue weighted by atomic mass is 10.0. The Morgan fingerprint density at radius 3 is 2.71 bits per heavy atom. The number of hydrogen-bond donors (Lipinski definition) is 1. The first-order chi connectivity index (χ1) is 14.8. The average Bonchev–Trinajstić information content (AvgIpc) is 3.26. The molecule has 31 heavy (non-hydrogen) atoms. The Morgan fingerprint density at radius 1 is 1.19 bits per heavy atom. The van der Waals surface area contributed by atoms with Gasteiger partial charge in [-0.3, -0.25) is 4.79 Å². The number of nitrogens with zero attached hydrogens (tertiary/aromatic N) is 3. The average molecular weight is 461 g/mol. The van der Waals surface area contributed by atoms with Gasteiger partial charge in [0.1, 0.15) is 10.8 Å². The van der Waals surface area contributed by atoms with Crippen LogP contribution in [0.25, 0.3) is 0 Å². The van der Waals surface area contributed by atoms with Gasteiger partial charge in [0.15, 0.2) is 0 Å². The Labute approximate surface area is 184 Å². The molecule has 1 N–H and O–H groups in total. The molecule has 0 radical (unpaired) electrons. The summed E-state index contributed by atoms with van der Waals surface area (Å²) in [6.45, 7) is 2.53. The van der Waals surface area contributed by atoms with Gasteiger partial charge < -0.3 is 5.32 Å². The van der Waals surface area contributed by atoms with Gasteiger partial charge in [-0.1, -0.05) is 35.1 Å². The molecule has 1 fully saturated rings. The molecule has 1 aromatic heterocycles. The van der Waals surface area contributed by atoms with E-state index in [0.29, 0.717) is 23.7 Å². The van der Waals surface area contributed by atoms with E-state index in [1.165, 1.54) is 33.8 Å². The van der Waals surface area contributed by atoms with E-state index in [2.05, 4.69) is 15.5 Å². The fourth-order valence-electron chi connectivity index (χ4n) is 3.45. The summed E-state index contributed by atoms with van der Waals surface area (Å²) < 4.78 is 40.7. The van der Waals surface area contributed by atoms with Gasteiger partial charge in [-0.15, -0.1) is 10.2 Å². The highest BCUT2D eigenvalue weighted by atomic mass is 32.2. The van der Waals surface area contributed by atoms with E-state index < -0.39 is 15.8 Å². The Kier molecular flexibility index (Phi) is 6.12. The van der Waals surface area contributed by atoms with Crippen LogP contribution < -0.4 is 5.32 Å². The highest BCUT2D eigenvalue weighted by Gasteiger charge is 2.33. The number of rotatable bonds is 5. The number of carbonyl (C=O) groups excluding carboxylic acids is 1. The number of halogens is 1. The van der Waals surface area contributed by atoms with E-state index in [1.807, 2.05) is 31.2 Å². The van der Waals surface area contributed by atoms with Gasteiger partial charge in [0.05, 0.1) is 4.90 Å². The van der Waals surface area contributed by atoms with Crippen LogP contribution in [0.1, 0.15) is 39.1 Å². The van der Waals surface area contributed by atoms with Gasteiger partial charge in [-0.2, -0.15) is 4.31 Å². The molecule has 0 aliphatic carbocycles. The first-order valence-electron chi connectivity index (χ1n) is 9.80. The maximum absolute atomic E-state index is 13.5. The molecule has 7 nitrogen and oxygen atoms in total. The van der Waals surface area contributed by atoms with E-state index in [9.17, 15) is 17.6 Å². The first kappa shape index (κ1) is 21.5. The molecule has 2 heterocycles. The predicted molar refractivity (Wildman–Crippen MR) is 116 cm³/mol. The fourth-order valence-corrected chi connectivity index (χ4v) is 5.87. The second-order valence-corrected chi connectivity index (χ2v) is 10.4. The van der Waals surface area contributed by atoms with Crippen LogP contribution in [0.5, 0.6) is 0 Å². The monoisotopic (exact) mass is 460 g/mol. The number of piperidine rings is 1. The zero-order chi connectivity index (χ0) is 22.0. The quantitative estimate of drug-likeness (QED) is 0.625. The lowest BCUT2D eigenvalue weighted by Gasteiger charge is -2.30. The topological polar surface area (TPSA) is 92.3 Å². The molecule has 1 amide bonds. The molecule has 0 spiro atoms. The maximum Gasteiger partial charge on any atom is 0.286 e. The van der Waals surface area contributed by atoms with Crippen molar-refractivity contribution < 1.29 is 17.6 Å². The summed E-state index contributed by atoms with van der Waals surface area (Å²) in [5, 5.41) is 11.8. The largest absolute Gasteiger partial charge is 0.320 e. The third kappa shape index (κ3) is 4.81. The molecule has 10 heteroatoms. The number of carbonyl (C=O) groups is 1. The Hall–Kier alpha value is -2.69. The number of sulfonamides is 1. The lowest BCUT2D eigenvalue weighted by molar-refractivity contribution is 0.102. The van der Waals surface area contributed by atoms with Crippen molar-refractivity contribution in [1.82, 2.24) is 14.5 Å². The van der Waals surface area contributed by atoms with Crippen LogP contribution in [0.2, 0.25) is 0 Å². The van der Waals surface area contributed by atoms with Gasteiger partial charge in [-0.05, 0) is 50.1 Å². The highest BCUT2D eigenvalue weighted by molar-refractivity contribution is 7.89. The van der Waals surface area contributed by atoms with E-state index in [-0.39, 0.29) is 28.3 Å². The van der Waals surface area contributed by atoms with Gasteiger partial charge >= 0.3 is 0 Å². The minimum atomic E-state index is -3.81. The van der Waals surface area contributed by atoms with Crippen molar-refractivity contribution in [3.63, 3.8) is 0 Å². The highest BCUT2D eigenvalue weighted by Crippen LogP contribution is 2.32. The number of hydrogen-bond acceptors (Lipinski definition) is 6. The Balaban J connectivity index is 1.47. The number of anilines is 1. The van der Waals surface area contributed by atoms with Crippen molar-refractivity contribution in [3.05, 3.63) is 69.9 Å².